The highest BCUT2D eigenvalue weighted by Gasteiger charge is 2.17. The third-order valence-corrected chi connectivity index (χ3v) is 3.64. The molecule has 1 aliphatic heterocycles. The van der Waals surface area contributed by atoms with Crippen LogP contribution in [0.3, 0.4) is 0 Å². The number of hydrogen-bond acceptors (Lipinski definition) is 5. The highest BCUT2D eigenvalue weighted by Crippen LogP contribution is 2.18. The maximum atomic E-state index is 12.3. The van der Waals surface area contributed by atoms with Crippen molar-refractivity contribution in [3.05, 3.63) is 67.9 Å². The summed E-state index contributed by atoms with van der Waals surface area (Å²) in [5.74, 6) is -0.390. The van der Waals surface area contributed by atoms with Gasteiger partial charge in [0.25, 0.3) is 5.56 Å². The minimum atomic E-state index is -0.591. The number of rotatable bonds is 2. The molecule has 2 heterocycles. The van der Waals surface area contributed by atoms with E-state index in [0.29, 0.717) is 11.3 Å². The van der Waals surface area contributed by atoms with Gasteiger partial charge in [-0.2, -0.15) is 5.10 Å². The number of aromatic hydroxyl groups is 1. The van der Waals surface area contributed by atoms with Crippen LogP contribution < -0.4 is 11.2 Å². The molecule has 0 unspecified atom stereocenters. The van der Waals surface area contributed by atoms with Gasteiger partial charge in [-0.05, 0) is 6.08 Å². The lowest BCUT2D eigenvalue weighted by molar-refractivity contribution is 0.410. The summed E-state index contributed by atoms with van der Waals surface area (Å²) in [4.78, 5) is 24.0. The highest BCUT2D eigenvalue weighted by atomic mass is 16.3. The van der Waals surface area contributed by atoms with Crippen molar-refractivity contribution in [2.24, 2.45) is 24.3 Å². The molecule has 0 fully saturated rings. The largest absolute Gasteiger partial charge is 0.494 e. The average molecular weight is 310 g/mol. The number of allylic oxidation sites excluding steroid dienone is 1. The molecule has 0 amide bonds. The van der Waals surface area contributed by atoms with E-state index >= 15 is 0 Å². The zero-order valence-corrected chi connectivity index (χ0v) is 12.6. The van der Waals surface area contributed by atoms with E-state index in [2.05, 4.69) is 10.2 Å². The van der Waals surface area contributed by atoms with Crippen molar-refractivity contribution in [1.29, 1.82) is 0 Å². The summed E-state index contributed by atoms with van der Waals surface area (Å²) >= 11 is 0. The zero-order chi connectivity index (χ0) is 16.6. The summed E-state index contributed by atoms with van der Waals surface area (Å²) in [5, 5.41) is 18.1. The van der Waals surface area contributed by atoms with E-state index in [1.807, 2.05) is 30.3 Å². The Morgan fingerprint density at radius 1 is 1.09 bits per heavy atom. The van der Waals surface area contributed by atoms with E-state index in [4.69, 9.17) is 0 Å². The molecule has 2 aromatic rings. The Kier molecular flexibility index (Phi) is 3.53. The molecule has 7 nitrogen and oxygen atoms in total. The Labute approximate surface area is 131 Å². The predicted octanol–water partition coefficient (Wildman–Crippen LogP) is 0.662. The fourth-order valence-electron chi connectivity index (χ4n) is 2.33. The van der Waals surface area contributed by atoms with Crippen molar-refractivity contribution < 1.29 is 5.11 Å². The summed E-state index contributed by atoms with van der Waals surface area (Å²) in [7, 11) is 2.76. The van der Waals surface area contributed by atoms with Gasteiger partial charge < -0.3 is 5.11 Å². The molecule has 116 valence electrons. The van der Waals surface area contributed by atoms with Crippen LogP contribution in [0.4, 0.5) is 0 Å². The third-order valence-electron chi connectivity index (χ3n) is 3.64. The maximum Gasteiger partial charge on any atom is 0.333 e. The van der Waals surface area contributed by atoms with Crippen LogP contribution in [-0.4, -0.2) is 26.2 Å². The van der Waals surface area contributed by atoms with Gasteiger partial charge in [0.05, 0.1) is 6.21 Å². The lowest BCUT2D eigenvalue weighted by atomic mass is 10.0. The van der Waals surface area contributed by atoms with Gasteiger partial charge in [0, 0.05) is 25.2 Å². The molecule has 0 radical (unpaired) electrons. The van der Waals surface area contributed by atoms with E-state index in [9.17, 15) is 14.7 Å². The Morgan fingerprint density at radius 3 is 2.48 bits per heavy atom. The average Bonchev–Trinajstić information content (AvgIpc) is 3.04. The van der Waals surface area contributed by atoms with Crippen LogP contribution in [0, 0.1) is 0 Å². The number of nitrogens with zero attached hydrogens (tertiary/aromatic N) is 4. The first-order valence-electron chi connectivity index (χ1n) is 6.88. The standard InChI is InChI=1S/C16H14N4O3/c1-19-14(21)12(15(22)20(2)16(19)23)8-11-9-17-18-13(11)10-6-4-3-5-7-10/h3-9,21H,1-2H3. The normalized spacial score (nSPS) is 15.2. The van der Waals surface area contributed by atoms with Crippen LogP contribution in [0.2, 0.25) is 0 Å². The monoisotopic (exact) mass is 310 g/mol. The SMILES string of the molecule is Cn1c(O)c(C=C2C=NN=C2c2ccccc2)c(=O)n(C)c1=O. The zero-order valence-electron chi connectivity index (χ0n) is 12.6. The quantitative estimate of drug-likeness (QED) is 0.883. The molecule has 1 aliphatic rings. The topological polar surface area (TPSA) is 88.9 Å². The molecular weight excluding hydrogens is 296 g/mol. The van der Waals surface area contributed by atoms with Crippen molar-refractivity contribution in [2.45, 2.75) is 0 Å². The van der Waals surface area contributed by atoms with Crippen molar-refractivity contribution in [3.63, 3.8) is 0 Å². The van der Waals surface area contributed by atoms with Crippen molar-refractivity contribution in [1.82, 2.24) is 9.13 Å². The van der Waals surface area contributed by atoms with Gasteiger partial charge in [0.1, 0.15) is 11.3 Å². The fraction of sp³-hybridized carbons (Fsp3) is 0.125. The summed E-state index contributed by atoms with van der Waals surface area (Å²) < 4.78 is 1.96. The van der Waals surface area contributed by atoms with E-state index in [1.165, 1.54) is 26.4 Å². The molecule has 0 saturated heterocycles. The molecule has 0 saturated carbocycles. The van der Waals surface area contributed by atoms with Crippen LogP contribution in [-0.2, 0) is 14.1 Å². The summed E-state index contributed by atoms with van der Waals surface area (Å²) in [5.41, 5.74) is 0.875. The maximum absolute atomic E-state index is 12.3. The Hall–Kier alpha value is -3.22. The lowest BCUT2D eigenvalue weighted by Crippen LogP contribution is -2.38. The van der Waals surface area contributed by atoms with Crippen molar-refractivity contribution in [2.75, 3.05) is 0 Å². The van der Waals surface area contributed by atoms with Gasteiger partial charge in [-0.3, -0.25) is 13.9 Å². The molecule has 1 N–H and O–H groups in total. The smallest absolute Gasteiger partial charge is 0.333 e. The van der Waals surface area contributed by atoms with Crippen molar-refractivity contribution in [3.8, 4) is 5.88 Å². The first-order valence-corrected chi connectivity index (χ1v) is 6.88. The number of benzene rings is 1. The number of hydrogen-bond donors (Lipinski definition) is 1. The minimum absolute atomic E-state index is 0.0154. The van der Waals surface area contributed by atoms with Crippen molar-refractivity contribution >= 4 is 18.0 Å². The molecule has 23 heavy (non-hydrogen) atoms. The Balaban J connectivity index is 2.17. The van der Waals surface area contributed by atoms with Crippen LogP contribution in [0.15, 0.2) is 55.7 Å². The second-order valence-electron chi connectivity index (χ2n) is 5.10. The summed E-state index contributed by atoms with van der Waals surface area (Å²) in [6, 6.07) is 9.38. The second-order valence-corrected chi connectivity index (χ2v) is 5.10. The summed E-state index contributed by atoms with van der Waals surface area (Å²) in [6.45, 7) is 0. The molecule has 1 aromatic heterocycles. The summed E-state index contributed by atoms with van der Waals surface area (Å²) in [6.07, 6.45) is 2.99. The van der Waals surface area contributed by atoms with Gasteiger partial charge in [-0.25, -0.2) is 4.79 Å². The van der Waals surface area contributed by atoms with Crippen LogP contribution >= 0.6 is 0 Å². The van der Waals surface area contributed by atoms with Gasteiger partial charge in [0.15, 0.2) is 0 Å². The van der Waals surface area contributed by atoms with Gasteiger partial charge in [-0.15, -0.1) is 5.10 Å². The highest BCUT2D eigenvalue weighted by molar-refractivity contribution is 6.28. The lowest BCUT2D eigenvalue weighted by Gasteiger charge is -2.08. The Bertz CT molecular complexity index is 979. The predicted molar refractivity (Wildman–Crippen MR) is 88.0 cm³/mol. The fourth-order valence-corrected chi connectivity index (χ4v) is 2.33. The first-order chi connectivity index (χ1) is 11.0. The van der Waals surface area contributed by atoms with E-state index in [0.717, 1.165) is 14.7 Å². The second kappa shape index (κ2) is 5.53. The van der Waals surface area contributed by atoms with Gasteiger partial charge in [0.2, 0.25) is 5.88 Å². The minimum Gasteiger partial charge on any atom is -0.494 e. The molecule has 7 heteroatoms. The molecule has 0 bridgehead atoms. The van der Waals surface area contributed by atoms with Crippen LogP contribution in [0.25, 0.3) is 6.08 Å². The van der Waals surface area contributed by atoms with E-state index in [-0.39, 0.29) is 5.56 Å². The van der Waals surface area contributed by atoms with E-state index in [1.54, 1.807) is 0 Å². The van der Waals surface area contributed by atoms with Gasteiger partial charge >= 0.3 is 5.69 Å². The van der Waals surface area contributed by atoms with E-state index < -0.39 is 17.1 Å². The molecular formula is C16H14N4O3. The molecule has 3 rings (SSSR count). The first kappa shape index (κ1) is 14.7. The molecule has 0 atom stereocenters. The molecule has 0 spiro atoms. The molecule has 0 aliphatic carbocycles. The van der Waals surface area contributed by atoms with Gasteiger partial charge in [-0.1, -0.05) is 30.3 Å². The Morgan fingerprint density at radius 2 is 1.78 bits per heavy atom. The number of aromatic nitrogens is 2. The van der Waals surface area contributed by atoms with Crippen LogP contribution in [0.1, 0.15) is 11.1 Å². The third kappa shape index (κ3) is 2.42. The van der Waals surface area contributed by atoms with Crippen LogP contribution in [0.5, 0.6) is 5.88 Å². The molecule has 1 aromatic carbocycles.